The minimum absolute atomic E-state index is 0.0166. The summed E-state index contributed by atoms with van der Waals surface area (Å²) in [6.07, 6.45) is 7.82. The summed E-state index contributed by atoms with van der Waals surface area (Å²) < 4.78 is 5.64. The molecule has 2 rings (SSSR count). The van der Waals surface area contributed by atoms with Gasteiger partial charge in [0.05, 0.1) is 5.60 Å². The molecule has 0 aliphatic carbocycles. The second kappa shape index (κ2) is 6.76. The van der Waals surface area contributed by atoms with Gasteiger partial charge in [-0.3, -0.25) is 4.90 Å². The molecule has 0 aromatic carbocycles. The number of ether oxygens (including phenoxy) is 1. The number of fused-ring (bicyclic) bond motifs is 2. The largest absolute Gasteiger partial charge is 0.379 e. The topological polar surface area (TPSA) is 24.5 Å². The van der Waals surface area contributed by atoms with Crippen molar-refractivity contribution in [1.82, 2.24) is 10.2 Å². The molecule has 0 amide bonds. The minimum atomic E-state index is -0.0166. The van der Waals surface area contributed by atoms with E-state index in [-0.39, 0.29) is 5.60 Å². The molecule has 20 heavy (non-hydrogen) atoms. The molecule has 3 heteroatoms. The molecular weight excluding hydrogens is 248 g/mol. The molecule has 2 fully saturated rings. The predicted octanol–water partition coefficient (Wildman–Crippen LogP) is 3.19. The molecule has 0 aromatic heterocycles. The van der Waals surface area contributed by atoms with Crippen LogP contribution in [0.25, 0.3) is 0 Å². The third kappa shape index (κ3) is 3.96. The first-order chi connectivity index (χ1) is 9.45. The van der Waals surface area contributed by atoms with E-state index < -0.39 is 0 Å². The number of hydrogen-bond acceptors (Lipinski definition) is 3. The van der Waals surface area contributed by atoms with Gasteiger partial charge in [-0.15, -0.1) is 0 Å². The van der Waals surface area contributed by atoms with Gasteiger partial charge in [0.1, 0.15) is 0 Å². The lowest BCUT2D eigenvalue weighted by Crippen LogP contribution is -2.52. The molecule has 3 atom stereocenters. The van der Waals surface area contributed by atoms with E-state index in [1.165, 1.54) is 38.6 Å². The van der Waals surface area contributed by atoms with E-state index in [1.807, 2.05) is 7.11 Å². The third-order valence-electron chi connectivity index (χ3n) is 5.30. The number of nitrogens with one attached hydrogen (secondary N) is 1. The Hall–Kier alpha value is -0.120. The molecule has 0 radical (unpaired) electrons. The van der Waals surface area contributed by atoms with Crippen LogP contribution in [0.15, 0.2) is 0 Å². The van der Waals surface area contributed by atoms with Crippen molar-refractivity contribution < 1.29 is 4.74 Å². The molecular formula is C17H34N2O. The highest BCUT2D eigenvalue weighted by Gasteiger charge is 2.37. The Bertz CT molecular complexity index is 293. The third-order valence-corrected chi connectivity index (χ3v) is 5.30. The van der Waals surface area contributed by atoms with Crippen molar-refractivity contribution in [3.8, 4) is 0 Å². The second-order valence-corrected chi connectivity index (χ2v) is 7.52. The van der Waals surface area contributed by atoms with E-state index in [2.05, 4.69) is 37.9 Å². The van der Waals surface area contributed by atoms with Crippen LogP contribution in [0.4, 0.5) is 0 Å². The van der Waals surface area contributed by atoms with Crippen LogP contribution in [0.1, 0.15) is 66.2 Å². The summed E-state index contributed by atoms with van der Waals surface area (Å²) in [7, 11) is 1.83. The molecule has 2 aliphatic rings. The van der Waals surface area contributed by atoms with E-state index in [4.69, 9.17) is 4.74 Å². The van der Waals surface area contributed by atoms with Crippen LogP contribution in [-0.2, 0) is 4.74 Å². The Labute approximate surface area is 125 Å². The van der Waals surface area contributed by atoms with Gasteiger partial charge in [-0.25, -0.2) is 0 Å². The maximum absolute atomic E-state index is 5.64. The lowest BCUT2D eigenvalue weighted by molar-refractivity contribution is -0.0164. The molecule has 0 aromatic rings. The Kier molecular flexibility index (Phi) is 5.49. The lowest BCUT2D eigenvalue weighted by Gasteiger charge is -2.43. The smallest absolute Gasteiger partial charge is 0.0637 e. The Balaban J connectivity index is 1.98. The van der Waals surface area contributed by atoms with Gasteiger partial charge in [-0.1, -0.05) is 6.92 Å². The van der Waals surface area contributed by atoms with Crippen molar-refractivity contribution in [3.63, 3.8) is 0 Å². The van der Waals surface area contributed by atoms with Crippen molar-refractivity contribution in [2.24, 2.45) is 0 Å². The van der Waals surface area contributed by atoms with E-state index >= 15 is 0 Å². The average Bonchev–Trinajstić information content (AvgIpc) is 2.74. The number of rotatable bonds is 7. The van der Waals surface area contributed by atoms with Gasteiger partial charge in [0.15, 0.2) is 0 Å². The van der Waals surface area contributed by atoms with Gasteiger partial charge in [0.2, 0.25) is 0 Å². The number of piperidine rings is 1. The Morgan fingerprint density at radius 2 is 1.85 bits per heavy atom. The van der Waals surface area contributed by atoms with Gasteiger partial charge in [0, 0.05) is 31.3 Å². The standard InChI is InChI=1S/C17H34N2O/c1-6-9-19(13(2)12-17(3,4)20-5)16-10-14-7-8-15(11-16)18-14/h13-16,18H,6-12H2,1-5H3. The number of methoxy groups -OCH3 is 1. The summed E-state index contributed by atoms with van der Waals surface area (Å²) in [6.45, 7) is 10.3. The van der Waals surface area contributed by atoms with Crippen molar-refractivity contribution in [2.75, 3.05) is 13.7 Å². The summed E-state index contributed by atoms with van der Waals surface area (Å²) in [4.78, 5) is 2.77. The van der Waals surface area contributed by atoms with E-state index in [0.29, 0.717) is 6.04 Å². The van der Waals surface area contributed by atoms with Crippen LogP contribution in [0.2, 0.25) is 0 Å². The molecule has 2 saturated heterocycles. The predicted molar refractivity (Wildman–Crippen MR) is 85.1 cm³/mol. The van der Waals surface area contributed by atoms with Crippen LogP contribution >= 0.6 is 0 Å². The van der Waals surface area contributed by atoms with Crippen LogP contribution in [-0.4, -0.2) is 48.3 Å². The Morgan fingerprint density at radius 1 is 1.25 bits per heavy atom. The fourth-order valence-corrected chi connectivity index (χ4v) is 4.23. The normalized spacial score (nSPS) is 31.8. The zero-order chi connectivity index (χ0) is 14.8. The maximum Gasteiger partial charge on any atom is 0.0637 e. The van der Waals surface area contributed by atoms with Crippen molar-refractivity contribution in [2.45, 2.75) is 96.0 Å². The van der Waals surface area contributed by atoms with Gasteiger partial charge in [0.25, 0.3) is 0 Å². The molecule has 118 valence electrons. The molecule has 3 unspecified atom stereocenters. The fraction of sp³-hybridized carbons (Fsp3) is 1.00. The lowest BCUT2D eigenvalue weighted by atomic mass is 9.93. The first-order valence-corrected chi connectivity index (χ1v) is 8.52. The van der Waals surface area contributed by atoms with Gasteiger partial charge in [-0.05, 0) is 65.8 Å². The van der Waals surface area contributed by atoms with E-state index in [9.17, 15) is 0 Å². The molecule has 2 bridgehead atoms. The summed E-state index contributed by atoms with van der Waals surface area (Å²) in [6, 6.07) is 2.94. The molecule has 0 saturated carbocycles. The SMILES string of the molecule is CCCN(C(C)CC(C)(C)OC)C1CC2CCC(C1)N2. The van der Waals surface area contributed by atoms with Crippen LogP contribution in [0.3, 0.4) is 0 Å². The summed E-state index contributed by atoms with van der Waals surface area (Å²) >= 11 is 0. The van der Waals surface area contributed by atoms with Gasteiger partial charge in [-0.2, -0.15) is 0 Å². The highest BCUT2D eigenvalue weighted by Crippen LogP contribution is 2.32. The van der Waals surface area contributed by atoms with E-state index in [1.54, 1.807) is 0 Å². The summed E-state index contributed by atoms with van der Waals surface area (Å²) in [5.74, 6) is 0. The van der Waals surface area contributed by atoms with Gasteiger partial charge < -0.3 is 10.1 Å². The molecule has 3 nitrogen and oxygen atoms in total. The fourth-order valence-electron chi connectivity index (χ4n) is 4.23. The summed E-state index contributed by atoms with van der Waals surface area (Å²) in [5.41, 5.74) is -0.0166. The highest BCUT2D eigenvalue weighted by molar-refractivity contribution is 4.97. The Morgan fingerprint density at radius 3 is 2.35 bits per heavy atom. The molecule has 2 heterocycles. The van der Waals surface area contributed by atoms with Crippen molar-refractivity contribution in [1.29, 1.82) is 0 Å². The van der Waals surface area contributed by atoms with Crippen molar-refractivity contribution >= 4 is 0 Å². The quantitative estimate of drug-likeness (QED) is 0.776. The number of hydrogen-bond donors (Lipinski definition) is 1. The van der Waals surface area contributed by atoms with E-state index in [0.717, 1.165) is 24.5 Å². The van der Waals surface area contributed by atoms with Crippen molar-refractivity contribution in [3.05, 3.63) is 0 Å². The minimum Gasteiger partial charge on any atom is -0.379 e. The zero-order valence-corrected chi connectivity index (χ0v) is 14.1. The maximum atomic E-state index is 5.64. The van der Waals surface area contributed by atoms with Gasteiger partial charge >= 0.3 is 0 Å². The molecule has 0 spiro atoms. The van der Waals surface area contributed by atoms with Crippen LogP contribution < -0.4 is 5.32 Å². The zero-order valence-electron chi connectivity index (χ0n) is 14.1. The molecule has 2 aliphatic heterocycles. The monoisotopic (exact) mass is 282 g/mol. The highest BCUT2D eigenvalue weighted by atomic mass is 16.5. The first-order valence-electron chi connectivity index (χ1n) is 8.52. The molecule has 1 N–H and O–H groups in total. The number of nitrogens with zero attached hydrogens (tertiary/aromatic N) is 1. The average molecular weight is 282 g/mol. The first kappa shape index (κ1) is 16.3. The van der Waals surface area contributed by atoms with Crippen LogP contribution in [0, 0.1) is 0 Å². The summed E-state index contributed by atoms with van der Waals surface area (Å²) in [5, 5.41) is 3.76. The van der Waals surface area contributed by atoms with Crippen LogP contribution in [0.5, 0.6) is 0 Å². The second-order valence-electron chi connectivity index (χ2n) is 7.52.